The van der Waals surface area contributed by atoms with Gasteiger partial charge in [0.1, 0.15) is 0 Å². The van der Waals surface area contributed by atoms with E-state index < -0.39 is 22.2 Å². The summed E-state index contributed by atoms with van der Waals surface area (Å²) in [5.41, 5.74) is 5.58. The van der Waals surface area contributed by atoms with Crippen molar-refractivity contribution in [3.05, 3.63) is 6.33 Å². The van der Waals surface area contributed by atoms with Crippen molar-refractivity contribution in [2.75, 3.05) is 5.73 Å². The Morgan fingerprint density at radius 2 is 2.11 bits per heavy atom. The molecule has 2 atom stereocenters. The Balaban J connectivity index is 2.21. The van der Waals surface area contributed by atoms with Crippen molar-refractivity contribution in [2.45, 2.75) is 49.3 Å². The minimum absolute atomic E-state index is 0.0295. The Hall–Kier alpha value is -1.12. The van der Waals surface area contributed by atoms with Crippen molar-refractivity contribution in [3.63, 3.8) is 0 Å². The van der Waals surface area contributed by atoms with Gasteiger partial charge in [-0.15, -0.1) is 0 Å². The van der Waals surface area contributed by atoms with E-state index in [0.29, 0.717) is 12.8 Å². The molecule has 0 radical (unpaired) electrons. The predicted octanol–water partition coefficient (Wildman–Crippen LogP) is -0.0258. The zero-order chi connectivity index (χ0) is 14.0. The van der Waals surface area contributed by atoms with Crippen LogP contribution in [0.5, 0.6) is 0 Å². The Morgan fingerprint density at radius 1 is 1.42 bits per heavy atom. The van der Waals surface area contributed by atoms with Gasteiger partial charge in [-0.05, 0) is 12.8 Å². The fourth-order valence-corrected chi connectivity index (χ4v) is 3.98. The summed E-state index contributed by atoms with van der Waals surface area (Å²) in [5, 5.41) is 9.92. The van der Waals surface area contributed by atoms with E-state index in [9.17, 15) is 13.5 Å². The number of nitrogens with one attached hydrogen (secondary N) is 1. The molecule has 2 rings (SSSR count). The largest absolute Gasteiger partial charge is 0.391 e. The number of aromatic nitrogens is 2. The van der Waals surface area contributed by atoms with Gasteiger partial charge in [-0.2, -0.15) is 0 Å². The van der Waals surface area contributed by atoms with Crippen LogP contribution in [0.2, 0.25) is 0 Å². The van der Waals surface area contributed by atoms with Gasteiger partial charge in [0.2, 0.25) is 0 Å². The molecule has 1 saturated carbocycles. The minimum atomic E-state index is -3.76. The Morgan fingerprint density at radius 3 is 2.74 bits per heavy atom. The third kappa shape index (κ3) is 3.07. The number of hydrogen-bond donors (Lipinski definition) is 3. The lowest BCUT2D eigenvalue weighted by Crippen LogP contribution is -2.43. The van der Waals surface area contributed by atoms with Gasteiger partial charge in [-0.1, -0.05) is 19.3 Å². The van der Waals surface area contributed by atoms with Gasteiger partial charge in [-0.3, -0.25) is 0 Å². The van der Waals surface area contributed by atoms with Gasteiger partial charge in [0, 0.05) is 13.1 Å². The Kier molecular flexibility index (Phi) is 4.12. The lowest BCUT2D eigenvalue weighted by Gasteiger charge is -2.21. The van der Waals surface area contributed by atoms with Crippen LogP contribution in [0, 0.1) is 0 Å². The Bertz CT molecular complexity index is 521. The molecule has 8 heteroatoms. The second kappa shape index (κ2) is 5.48. The number of aryl methyl sites for hydroxylation is 1. The van der Waals surface area contributed by atoms with Crippen LogP contribution in [0.1, 0.15) is 32.1 Å². The van der Waals surface area contributed by atoms with Crippen LogP contribution in [0.25, 0.3) is 0 Å². The third-order valence-corrected chi connectivity index (χ3v) is 5.07. The van der Waals surface area contributed by atoms with Crippen molar-refractivity contribution in [1.82, 2.24) is 14.3 Å². The van der Waals surface area contributed by atoms with Crippen LogP contribution in [-0.2, 0) is 17.1 Å². The lowest BCUT2D eigenvalue weighted by atomic mass is 10.1. The van der Waals surface area contributed by atoms with E-state index in [2.05, 4.69) is 9.71 Å². The quantitative estimate of drug-likeness (QED) is 0.677. The summed E-state index contributed by atoms with van der Waals surface area (Å²) >= 11 is 0. The highest BCUT2D eigenvalue weighted by Gasteiger charge is 2.30. The fraction of sp³-hybridized carbons (Fsp3) is 0.727. The van der Waals surface area contributed by atoms with Crippen molar-refractivity contribution in [1.29, 1.82) is 0 Å². The maximum absolute atomic E-state index is 12.3. The van der Waals surface area contributed by atoms with Crippen LogP contribution >= 0.6 is 0 Å². The first kappa shape index (κ1) is 14.3. The number of aliphatic hydroxyl groups excluding tert-OH is 1. The van der Waals surface area contributed by atoms with Crippen LogP contribution in [0.3, 0.4) is 0 Å². The zero-order valence-corrected chi connectivity index (χ0v) is 11.7. The first-order valence-electron chi connectivity index (χ1n) is 6.39. The molecule has 0 spiro atoms. The van der Waals surface area contributed by atoms with Gasteiger partial charge < -0.3 is 15.4 Å². The molecule has 2 unspecified atom stereocenters. The van der Waals surface area contributed by atoms with Crippen LogP contribution in [0.15, 0.2) is 11.4 Å². The Labute approximate surface area is 112 Å². The van der Waals surface area contributed by atoms with E-state index in [1.165, 1.54) is 10.9 Å². The number of sulfonamides is 1. The molecule has 0 bridgehead atoms. The van der Waals surface area contributed by atoms with E-state index in [-0.39, 0.29) is 10.8 Å². The number of aliphatic hydroxyl groups is 1. The highest BCUT2D eigenvalue weighted by Crippen LogP contribution is 2.21. The van der Waals surface area contributed by atoms with Gasteiger partial charge in [0.25, 0.3) is 10.0 Å². The second-order valence-electron chi connectivity index (χ2n) is 4.98. The average molecular weight is 288 g/mol. The summed E-state index contributed by atoms with van der Waals surface area (Å²) in [6, 6.07) is -0.457. The molecule has 1 aromatic heterocycles. The van der Waals surface area contributed by atoms with E-state index >= 15 is 0 Å². The van der Waals surface area contributed by atoms with Gasteiger partial charge >= 0.3 is 0 Å². The van der Waals surface area contributed by atoms with E-state index in [1.54, 1.807) is 7.05 Å². The molecule has 0 aromatic carbocycles. The number of nitrogens with two attached hydrogens (primary N) is 1. The third-order valence-electron chi connectivity index (χ3n) is 3.45. The molecule has 4 N–H and O–H groups in total. The first-order chi connectivity index (χ1) is 8.92. The van der Waals surface area contributed by atoms with Gasteiger partial charge in [0.15, 0.2) is 10.8 Å². The molecule has 0 amide bonds. The molecule has 7 nitrogen and oxygen atoms in total. The summed E-state index contributed by atoms with van der Waals surface area (Å²) in [4.78, 5) is 3.77. The van der Waals surface area contributed by atoms with E-state index in [4.69, 9.17) is 5.73 Å². The molecule has 1 aromatic rings. The van der Waals surface area contributed by atoms with Crippen molar-refractivity contribution in [2.24, 2.45) is 7.05 Å². The topological polar surface area (TPSA) is 110 Å². The molecule has 1 fully saturated rings. The summed E-state index contributed by atoms with van der Waals surface area (Å²) in [6.07, 6.45) is 4.81. The van der Waals surface area contributed by atoms with E-state index in [0.717, 1.165) is 19.3 Å². The van der Waals surface area contributed by atoms with Gasteiger partial charge in [0.05, 0.1) is 12.4 Å². The van der Waals surface area contributed by atoms with Crippen molar-refractivity contribution in [3.8, 4) is 0 Å². The number of imidazole rings is 1. The van der Waals surface area contributed by atoms with Crippen molar-refractivity contribution < 1.29 is 13.5 Å². The molecular weight excluding hydrogens is 268 g/mol. The highest BCUT2D eigenvalue weighted by atomic mass is 32.2. The summed E-state index contributed by atoms with van der Waals surface area (Å²) in [5.74, 6) is -0.0295. The monoisotopic (exact) mass is 288 g/mol. The molecule has 0 aliphatic heterocycles. The van der Waals surface area contributed by atoms with E-state index in [1.807, 2.05) is 0 Å². The number of hydrogen-bond acceptors (Lipinski definition) is 5. The standard InChI is InChI=1S/C11H20N4O3S/c1-15-7-13-10(12)11(15)19(17,18)14-8-5-3-2-4-6-9(8)16/h7-9,14,16H,2-6,12H2,1H3. The smallest absolute Gasteiger partial charge is 0.260 e. The normalized spacial score (nSPS) is 25.2. The number of rotatable bonds is 3. The second-order valence-corrected chi connectivity index (χ2v) is 6.61. The molecule has 0 saturated heterocycles. The highest BCUT2D eigenvalue weighted by molar-refractivity contribution is 7.89. The number of nitrogens with zero attached hydrogens (tertiary/aromatic N) is 2. The zero-order valence-electron chi connectivity index (χ0n) is 10.9. The van der Waals surface area contributed by atoms with Crippen LogP contribution in [-0.4, -0.2) is 35.2 Å². The molecule has 1 heterocycles. The molecule has 1 aliphatic carbocycles. The molecular formula is C11H20N4O3S. The van der Waals surface area contributed by atoms with Crippen molar-refractivity contribution >= 4 is 15.8 Å². The average Bonchev–Trinajstić information content (AvgIpc) is 2.54. The minimum Gasteiger partial charge on any atom is -0.391 e. The lowest BCUT2D eigenvalue weighted by molar-refractivity contribution is 0.130. The summed E-state index contributed by atoms with van der Waals surface area (Å²) in [6.45, 7) is 0. The SMILES string of the molecule is Cn1cnc(N)c1S(=O)(=O)NC1CCCCCC1O. The molecule has 1 aliphatic rings. The fourth-order valence-electron chi connectivity index (χ4n) is 2.45. The maximum atomic E-state index is 12.3. The number of nitrogen functional groups attached to an aromatic ring is 1. The molecule has 108 valence electrons. The molecule has 19 heavy (non-hydrogen) atoms. The summed E-state index contributed by atoms with van der Waals surface area (Å²) in [7, 11) is -2.19. The van der Waals surface area contributed by atoms with Crippen LogP contribution in [0.4, 0.5) is 5.82 Å². The van der Waals surface area contributed by atoms with Gasteiger partial charge in [-0.25, -0.2) is 18.1 Å². The first-order valence-corrected chi connectivity index (χ1v) is 7.87. The summed E-state index contributed by atoms with van der Waals surface area (Å²) < 4.78 is 28.5. The predicted molar refractivity (Wildman–Crippen MR) is 70.8 cm³/mol. The van der Waals surface area contributed by atoms with Crippen LogP contribution < -0.4 is 10.5 Å². The maximum Gasteiger partial charge on any atom is 0.260 e. The number of anilines is 1.